The van der Waals surface area contributed by atoms with Crippen molar-refractivity contribution in [1.82, 2.24) is 4.98 Å². The van der Waals surface area contributed by atoms with Crippen molar-refractivity contribution in [3.8, 4) is 6.07 Å². The molecule has 1 aromatic rings. The highest BCUT2D eigenvalue weighted by atomic mass is 15.2. The van der Waals surface area contributed by atoms with E-state index < -0.39 is 0 Å². The van der Waals surface area contributed by atoms with Gasteiger partial charge in [-0.15, -0.1) is 0 Å². The van der Waals surface area contributed by atoms with Crippen LogP contribution in [0, 0.1) is 11.3 Å². The normalized spacial score (nSPS) is 10.0. The van der Waals surface area contributed by atoms with Crippen LogP contribution in [0.5, 0.6) is 0 Å². The third-order valence-electron chi connectivity index (χ3n) is 2.18. The van der Waals surface area contributed by atoms with Gasteiger partial charge in [0.15, 0.2) is 5.82 Å². The fraction of sp³-hybridized carbons (Fsp3) is 0.455. The van der Waals surface area contributed by atoms with E-state index in [-0.39, 0.29) is 6.04 Å². The lowest BCUT2D eigenvalue weighted by molar-refractivity contribution is 0.678. The Balaban J connectivity index is 2.90. The van der Waals surface area contributed by atoms with Gasteiger partial charge in [0.1, 0.15) is 0 Å². The zero-order valence-electron chi connectivity index (χ0n) is 9.14. The third kappa shape index (κ3) is 2.84. The van der Waals surface area contributed by atoms with Gasteiger partial charge in [-0.1, -0.05) is 0 Å². The summed E-state index contributed by atoms with van der Waals surface area (Å²) >= 11 is 0. The lowest BCUT2D eigenvalue weighted by atomic mass is 10.2. The highest BCUT2D eigenvalue weighted by Crippen LogP contribution is 2.21. The highest BCUT2D eigenvalue weighted by molar-refractivity contribution is 5.62. The maximum absolute atomic E-state index is 8.58. The number of rotatable bonds is 4. The molecule has 4 heteroatoms. The second-order valence-corrected chi connectivity index (χ2v) is 3.61. The van der Waals surface area contributed by atoms with Crippen LogP contribution in [-0.2, 0) is 0 Å². The summed E-state index contributed by atoms with van der Waals surface area (Å²) in [7, 11) is 0. The number of hydrogen-bond acceptors (Lipinski definition) is 4. The smallest absolute Gasteiger partial charge is 0.152 e. The maximum atomic E-state index is 8.58. The Morgan fingerprint density at radius 2 is 2.33 bits per heavy atom. The first-order valence-electron chi connectivity index (χ1n) is 5.01. The van der Waals surface area contributed by atoms with Gasteiger partial charge in [0, 0.05) is 18.8 Å². The number of nitrogen functional groups attached to an aromatic ring is 1. The van der Waals surface area contributed by atoms with Crippen molar-refractivity contribution in [3.05, 3.63) is 18.3 Å². The van der Waals surface area contributed by atoms with E-state index >= 15 is 0 Å². The molecule has 0 amide bonds. The average molecular weight is 204 g/mol. The zero-order chi connectivity index (χ0) is 11.3. The van der Waals surface area contributed by atoms with Gasteiger partial charge < -0.3 is 10.6 Å². The molecule has 0 aromatic carbocycles. The first kappa shape index (κ1) is 11.3. The highest BCUT2D eigenvalue weighted by Gasteiger charge is 2.13. The van der Waals surface area contributed by atoms with Gasteiger partial charge in [0.25, 0.3) is 0 Å². The lowest BCUT2D eigenvalue weighted by Gasteiger charge is -2.27. The van der Waals surface area contributed by atoms with E-state index in [0.29, 0.717) is 18.7 Å². The standard InChI is InChI=1S/C11H16N4/c1-9(2)15(8-4-6-12)11-10(13)5-3-7-14-11/h3,5,7,9H,4,8,13H2,1-2H3. The Morgan fingerprint density at radius 1 is 1.60 bits per heavy atom. The van der Waals surface area contributed by atoms with Gasteiger partial charge in [-0.25, -0.2) is 4.98 Å². The van der Waals surface area contributed by atoms with Crippen LogP contribution in [-0.4, -0.2) is 17.6 Å². The van der Waals surface area contributed by atoms with Crippen LogP contribution in [0.2, 0.25) is 0 Å². The molecule has 0 aliphatic heterocycles. The summed E-state index contributed by atoms with van der Waals surface area (Å²) in [6, 6.07) is 6.05. The summed E-state index contributed by atoms with van der Waals surface area (Å²) in [4.78, 5) is 6.28. The van der Waals surface area contributed by atoms with Crippen molar-refractivity contribution in [3.63, 3.8) is 0 Å². The topological polar surface area (TPSA) is 65.9 Å². The fourth-order valence-electron chi connectivity index (χ4n) is 1.43. The van der Waals surface area contributed by atoms with Crippen molar-refractivity contribution < 1.29 is 0 Å². The van der Waals surface area contributed by atoms with Crippen molar-refractivity contribution in [1.29, 1.82) is 5.26 Å². The second-order valence-electron chi connectivity index (χ2n) is 3.61. The molecule has 0 fully saturated rings. The molecule has 0 saturated carbocycles. The molecule has 0 spiro atoms. The van der Waals surface area contributed by atoms with E-state index in [0.717, 1.165) is 5.82 Å². The predicted octanol–water partition coefficient (Wildman–Crippen LogP) is 1.79. The molecule has 80 valence electrons. The molecule has 0 unspecified atom stereocenters. The Morgan fingerprint density at radius 3 is 2.87 bits per heavy atom. The van der Waals surface area contributed by atoms with Crippen molar-refractivity contribution in [2.24, 2.45) is 0 Å². The first-order valence-corrected chi connectivity index (χ1v) is 5.01. The fourth-order valence-corrected chi connectivity index (χ4v) is 1.43. The van der Waals surface area contributed by atoms with Gasteiger partial charge in [0.2, 0.25) is 0 Å². The number of nitrogens with zero attached hydrogens (tertiary/aromatic N) is 3. The Hall–Kier alpha value is -1.76. The van der Waals surface area contributed by atoms with Gasteiger partial charge in [0.05, 0.1) is 18.2 Å². The van der Waals surface area contributed by atoms with Gasteiger partial charge in [-0.2, -0.15) is 5.26 Å². The summed E-state index contributed by atoms with van der Waals surface area (Å²) in [5.74, 6) is 0.766. The molecule has 2 N–H and O–H groups in total. The molecular formula is C11H16N4. The number of aromatic nitrogens is 1. The molecule has 0 aliphatic rings. The Bertz CT molecular complexity index is 354. The predicted molar refractivity (Wildman–Crippen MR) is 61.4 cm³/mol. The number of pyridine rings is 1. The van der Waals surface area contributed by atoms with E-state index in [9.17, 15) is 0 Å². The Kier molecular flexibility index (Phi) is 3.92. The quantitative estimate of drug-likeness (QED) is 0.812. The van der Waals surface area contributed by atoms with Crippen LogP contribution in [0.25, 0.3) is 0 Å². The van der Waals surface area contributed by atoms with E-state index in [1.165, 1.54) is 0 Å². The van der Waals surface area contributed by atoms with Crippen LogP contribution in [0.3, 0.4) is 0 Å². The summed E-state index contributed by atoms with van der Waals surface area (Å²) < 4.78 is 0. The number of nitrogens with two attached hydrogens (primary N) is 1. The monoisotopic (exact) mass is 204 g/mol. The number of anilines is 2. The minimum absolute atomic E-state index is 0.288. The van der Waals surface area contributed by atoms with Crippen LogP contribution in [0.1, 0.15) is 20.3 Å². The van der Waals surface area contributed by atoms with Crippen molar-refractivity contribution >= 4 is 11.5 Å². The summed E-state index contributed by atoms with van der Waals surface area (Å²) in [6.45, 7) is 4.78. The van der Waals surface area contributed by atoms with Crippen molar-refractivity contribution in [2.75, 3.05) is 17.2 Å². The van der Waals surface area contributed by atoms with Crippen LogP contribution in [0.4, 0.5) is 11.5 Å². The van der Waals surface area contributed by atoms with E-state index in [4.69, 9.17) is 11.0 Å². The molecule has 0 atom stereocenters. The number of hydrogen-bond donors (Lipinski definition) is 1. The largest absolute Gasteiger partial charge is 0.396 e. The zero-order valence-corrected chi connectivity index (χ0v) is 9.14. The SMILES string of the molecule is CC(C)N(CCC#N)c1ncccc1N. The third-order valence-corrected chi connectivity index (χ3v) is 2.18. The lowest BCUT2D eigenvalue weighted by Crippen LogP contribution is -2.33. The summed E-state index contributed by atoms with van der Waals surface area (Å²) in [5.41, 5.74) is 6.50. The number of nitriles is 1. The first-order chi connectivity index (χ1) is 7.16. The van der Waals surface area contributed by atoms with Crippen LogP contribution < -0.4 is 10.6 Å². The molecular weight excluding hydrogens is 188 g/mol. The minimum Gasteiger partial charge on any atom is -0.396 e. The van der Waals surface area contributed by atoms with Crippen LogP contribution >= 0.6 is 0 Å². The van der Waals surface area contributed by atoms with E-state index in [1.54, 1.807) is 6.20 Å². The molecule has 4 nitrogen and oxygen atoms in total. The molecule has 15 heavy (non-hydrogen) atoms. The average Bonchev–Trinajstić information content (AvgIpc) is 2.20. The molecule has 1 heterocycles. The molecule has 0 bridgehead atoms. The summed E-state index contributed by atoms with van der Waals surface area (Å²) in [6.07, 6.45) is 2.20. The molecule has 0 saturated heterocycles. The Labute approximate surface area is 90.3 Å². The van der Waals surface area contributed by atoms with E-state index in [2.05, 4.69) is 24.9 Å². The second kappa shape index (κ2) is 5.20. The van der Waals surface area contributed by atoms with Gasteiger partial charge in [-0.3, -0.25) is 0 Å². The van der Waals surface area contributed by atoms with E-state index in [1.807, 2.05) is 17.0 Å². The maximum Gasteiger partial charge on any atom is 0.152 e. The molecule has 1 rings (SSSR count). The minimum atomic E-state index is 0.288. The van der Waals surface area contributed by atoms with Crippen LogP contribution in [0.15, 0.2) is 18.3 Å². The van der Waals surface area contributed by atoms with Gasteiger partial charge in [-0.05, 0) is 26.0 Å². The van der Waals surface area contributed by atoms with Crippen molar-refractivity contribution in [2.45, 2.75) is 26.3 Å². The molecule has 0 radical (unpaired) electrons. The molecule has 1 aromatic heterocycles. The summed E-state index contributed by atoms with van der Waals surface area (Å²) in [5, 5.41) is 8.58. The molecule has 0 aliphatic carbocycles. The van der Waals surface area contributed by atoms with Gasteiger partial charge >= 0.3 is 0 Å².